The molecule has 2 aromatic rings. The number of allylic oxidation sites excluding steroid dienone is 1. The Bertz CT molecular complexity index is 524. The van der Waals surface area contributed by atoms with E-state index in [1.807, 2.05) is 61.1 Å². The Labute approximate surface area is 107 Å². The van der Waals surface area contributed by atoms with Gasteiger partial charge in [0.25, 0.3) is 0 Å². The molecule has 0 aliphatic rings. The van der Waals surface area contributed by atoms with E-state index >= 15 is 0 Å². The lowest BCUT2D eigenvalue weighted by Crippen LogP contribution is -2.27. The fourth-order valence-corrected chi connectivity index (χ4v) is 1.78. The molecule has 1 unspecified atom stereocenters. The number of hydrogen-bond acceptors (Lipinski definition) is 3. The molecule has 1 aromatic carbocycles. The first-order chi connectivity index (χ1) is 8.70. The number of hydrogen-bond donors (Lipinski definition) is 2. The first-order valence-corrected chi connectivity index (χ1v) is 5.93. The van der Waals surface area contributed by atoms with Crippen molar-refractivity contribution in [2.75, 3.05) is 0 Å². The zero-order valence-corrected chi connectivity index (χ0v) is 10.7. The molecule has 1 heterocycles. The number of nitrogens with two attached hydrogens (primary N) is 1. The van der Waals surface area contributed by atoms with Gasteiger partial charge in [0.15, 0.2) is 0 Å². The van der Waals surface area contributed by atoms with E-state index in [0.717, 1.165) is 11.4 Å². The summed E-state index contributed by atoms with van der Waals surface area (Å²) < 4.78 is 1.85. The van der Waals surface area contributed by atoms with Crippen LogP contribution in [0.5, 0.6) is 0 Å². The van der Waals surface area contributed by atoms with Gasteiger partial charge in [0.2, 0.25) is 0 Å². The third-order valence-electron chi connectivity index (χ3n) is 2.63. The molecule has 18 heavy (non-hydrogen) atoms. The van der Waals surface area contributed by atoms with Crippen LogP contribution in [0.3, 0.4) is 0 Å². The van der Waals surface area contributed by atoms with E-state index in [2.05, 4.69) is 16.6 Å². The second-order valence-corrected chi connectivity index (χ2v) is 4.41. The lowest BCUT2D eigenvalue weighted by molar-refractivity contribution is 0.626. The first-order valence-electron chi connectivity index (χ1n) is 5.93. The van der Waals surface area contributed by atoms with Crippen molar-refractivity contribution in [3.8, 4) is 5.69 Å². The summed E-state index contributed by atoms with van der Waals surface area (Å²) in [6, 6.07) is 11.9. The quantitative estimate of drug-likeness (QED) is 0.491. The van der Waals surface area contributed by atoms with Crippen LogP contribution in [0.25, 0.3) is 5.69 Å². The van der Waals surface area contributed by atoms with Crippen LogP contribution >= 0.6 is 0 Å². The van der Waals surface area contributed by atoms with Crippen LogP contribution in [-0.4, -0.2) is 9.78 Å². The van der Waals surface area contributed by atoms with Crippen molar-refractivity contribution in [2.45, 2.75) is 19.9 Å². The number of rotatable bonds is 4. The predicted molar refractivity (Wildman–Crippen MR) is 73.1 cm³/mol. The summed E-state index contributed by atoms with van der Waals surface area (Å²) in [5.41, 5.74) is 5.91. The molecule has 0 aliphatic carbocycles. The summed E-state index contributed by atoms with van der Waals surface area (Å²) in [5, 5.41) is 4.53. The SMILES string of the molecule is CC(C)=CC(NN)c1ccn(-c2ccccc2)n1. The van der Waals surface area contributed by atoms with Crippen molar-refractivity contribution >= 4 is 0 Å². The van der Waals surface area contributed by atoms with Crippen LogP contribution in [0.2, 0.25) is 0 Å². The molecule has 0 aliphatic heterocycles. The Kier molecular flexibility index (Phi) is 3.92. The van der Waals surface area contributed by atoms with Gasteiger partial charge in [-0.15, -0.1) is 0 Å². The fraction of sp³-hybridized carbons (Fsp3) is 0.214. The van der Waals surface area contributed by atoms with Gasteiger partial charge < -0.3 is 0 Å². The number of aromatic nitrogens is 2. The van der Waals surface area contributed by atoms with Gasteiger partial charge in [-0.05, 0) is 32.0 Å². The Morgan fingerprint density at radius 2 is 2.00 bits per heavy atom. The number of nitrogens with one attached hydrogen (secondary N) is 1. The Morgan fingerprint density at radius 1 is 1.28 bits per heavy atom. The molecule has 1 aromatic heterocycles. The molecule has 0 bridgehead atoms. The van der Waals surface area contributed by atoms with Gasteiger partial charge in [-0.1, -0.05) is 29.8 Å². The third kappa shape index (κ3) is 2.85. The topological polar surface area (TPSA) is 55.9 Å². The highest BCUT2D eigenvalue weighted by Gasteiger charge is 2.10. The Morgan fingerprint density at radius 3 is 2.61 bits per heavy atom. The van der Waals surface area contributed by atoms with E-state index < -0.39 is 0 Å². The largest absolute Gasteiger partial charge is 0.271 e. The zero-order valence-electron chi connectivity index (χ0n) is 10.7. The summed E-state index contributed by atoms with van der Waals surface area (Å²) in [4.78, 5) is 0. The number of nitrogens with zero attached hydrogens (tertiary/aromatic N) is 2. The van der Waals surface area contributed by atoms with Crippen molar-refractivity contribution < 1.29 is 0 Å². The van der Waals surface area contributed by atoms with Crippen LogP contribution in [0, 0.1) is 0 Å². The first kappa shape index (κ1) is 12.5. The van der Waals surface area contributed by atoms with E-state index in [1.165, 1.54) is 5.57 Å². The molecule has 0 fully saturated rings. The van der Waals surface area contributed by atoms with Gasteiger partial charge in [-0.25, -0.2) is 10.1 Å². The van der Waals surface area contributed by atoms with Gasteiger partial charge in [-0.3, -0.25) is 5.84 Å². The van der Waals surface area contributed by atoms with E-state index in [1.54, 1.807) is 0 Å². The Hall–Kier alpha value is -1.91. The van der Waals surface area contributed by atoms with Crippen LogP contribution in [0.15, 0.2) is 54.2 Å². The van der Waals surface area contributed by atoms with Crippen molar-refractivity contribution in [1.82, 2.24) is 15.2 Å². The van der Waals surface area contributed by atoms with Crippen LogP contribution < -0.4 is 11.3 Å². The zero-order chi connectivity index (χ0) is 13.0. The molecule has 4 nitrogen and oxygen atoms in total. The third-order valence-corrected chi connectivity index (χ3v) is 2.63. The summed E-state index contributed by atoms with van der Waals surface area (Å²) in [7, 11) is 0. The monoisotopic (exact) mass is 242 g/mol. The maximum atomic E-state index is 5.56. The molecule has 0 saturated carbocycles. The van der Waals surface area contributed by atoms with Gasteiger partial charge >= 0.3 is 0 Å². The molecule has 0 saturated heterocycles. The standard InChI is InChI=1S/C14H18N4/c1-11(2)10-14(16-15)13-8-9-18(17-13)12-6-4-3-5-7-12/h3-10,14,16H,15H2,1-2H3. The number of para-hydroxylation sites is 1. The van der Waals surface area contributed by atoms with Crippen LogP contribution in [0.4, 0.5) is 0 Å². The van der Waals surface area contributed by atoms with Gasteiger partial charge in [-0.2, -0.15) is 5.10 Å². The summed E-state index contributed by atoms with van der Waals surface area (Å²) in [5.74, 6) is 5.56. The van der Waals surface area contributed by atoms with E-state index in [0.29, 0.717) is 0 Å². The molecule has 2 rings (SSSR count). The second-order valence-electron chi connectivity index (χ2n) is 4.41. The highest BCUT2D eigenvalue weighted by molar-refractivity contribution is 5.31. The van der Waals surface area contributed by atoms with Gasteiger partial charge in [0, 0.05) is 6.20 Å². The van der Waals surface area contributed by atoms with Crippen molar-refractivity contribution in [3.63, 3.8) is 0 Å². The second kappa shape index (κ2) is 5.62. The highest BCUT2D eigenvalue weighted by Crippen LogP contribution is 2.15. The average molecular weight is 242 g/mol. The average Bonchev–Trinajstić information content (AvgIpc) is 2.86. The van der Waals surface area contributed by atoms with E-state index in [4.69, 9.17) is 5.84 Å². The molecule has 3 N–H and O–H groups in total. The molecule has 0 amide bonds. The van der Waals surface area contributed by atoms with Crippen molar-refractivity contribution in [2.24, 2.45) is 5.84 Å². The minimum Gasteiger partial charge on any atom is -0.271 e. The Balaban J connectivity index is 2.27. The minimum atomic E-state index is -0.0556. The lowest BCUT2D eigenvalue weighted by atomic mass is 10.1. The molecule has 94 valence electrons. The maximum Gasteiger partial charge on any atom is 0.0850 e. The van der Waals surface area contributed by atoms with Crippen molar-refractivity contribution in [3.05, 3.63) is 59.9 Å². The van der Waals surface area contributed by atoms with Gasteiger partial charge in [0.1, 0.15) is 0 Å². The summed E-state index contributed by atoms with van der Waals surface area (Å²) in [6.07, 6.45) is 3.99. The molecular formula is C14H18N4. The molecule has 0 radical (unpaired) electrons. The van der Waals surface area contributed by atoms with Crippen LogP contribution in [-0.2, 0) is 0 Å². The highest BCUT2D eigenvalue weighted by atomic mass is 15.3. The molecule has 0 spiro atoms. The molecule has 1 atom stereocenters. The van der Waals surface area contributed by atoms with E-state index in [9.17, 15) is 0 Å². The smallest absolute Gasteiger partial charge is 0.0850 e. The number of benzene rings is 1. The fourth-order valence-electron chi connectivity index (χ4n) is 1.78. The minimum absolute atomic E-state index is 0.0556. The summed E-state index contributed by atoms with van der Waals surface area (Å²) >= 11 is 0. The summed E-state index contributed by atoms with van der Waals surface area (Å²) in [6.45, 7) is 4.08. The van der Waals surface area contributed by atoms with Crippen molar-refractivity contribution in [1.29, 1.82) is 0 Å². The number of hydrazine groups is 1. The molecule has 4 heteroatoms. The normalized spacial score (nSPS) is 12.2. The molecular weight excluding hydrogens is 224 g/mol. The van der Waals surface area contributed by atoms with Crippen LogP contribution in [0.1, 0.15) is 25.6 Å². The predicted octanol–water partition coefficient (Wildman–Crippen LogP) is 2.34. The van der Waals surface area contributed by atoms with Gasteiger partial charge in [0.05, 0.1) is 17.4 Å². The maximum absolute atomic E-state index is 5.56. The van der Waals surface area contributed by atoms with E-state index in [-0.39, 0.29) is 6.04 Å². The lowest BCUT2D eigenvalue weighted by Gasteiger charge is -2.09.